The standard InChI is InChI=1S/C16H18O2S/c1-3-14-8-9-15(19-14)11-16(17)12-6-5-7-13(10-12)18-4-2/h5-10H,3-4,11H2,1-2H3. The van der Waals surface area contributed by atoms with Crippen molar-refractivity contribution in [2.24, 2.45) is 0 Å². The van der Waals surface area contributed by atoms with Gasteiger partial charge < -0.3 is 4.74 Å². The second-order valence-corrected chi connectivity index (χ2v) is 5.54. The molecule has 19 heavy (non-hydrogen) atoms. The van der Waals surface area contributed by atoms with E-state index >= 15 is 0 Å². The maximum absolute atomic E-state index is 12.2. The third kappa shape index (κ3) is 3.67. The van der Waals surface area contributed by atoms with E-state index in [4.69, 9.17) is 4.74 Å². The number of ether oxygens (including phenoxy) is 1. The Balaban J connectivity index is 2.08. The molecule has 0 amide bonds. The van der Waals surface area contributed by atoms with Crippen LogP contribution in [-0.2, 0) is 12.8 Å². The van der Waals surface area contributed by atoms with E-state index in [1.807, 2.05) is 37.3 Å². The summed E-state index contributed by atoms with van der Waals surface area (Å²) in [6.45, 7) is 4.68. The van der Waals surface area contributed by atoms with Crippen LogP contribution in [0.3, 0.4) is 0 Å². The average Bonchev–Trinajstić information content (AvgIpc) is 2.87. The van der Waals surface area contributed by atoms with E-state index in [0.29, 0.717) is 13.0 Å². The maximum atomic E-state index is 12.2. The van der Waals surface area contributed by atoms with Crippen LogP contribution in [-0.4, -0.2) is 12.4 Å². The van der Waals surface area contributed by atoms with Gasteiger partial charge in [-0.15, -0.1) is 11.3 Å². The van der Waals surface area contributed by atoms with Gasteiger partial charge in [-0.3, -0.25) is 4.79 Å². The monoisotopic (exact) mass is 274 g/mol. The first-order chi connectivity index (χ1) is 9.22. The van der Waals surface area contributed by atoms with Gasteiger partial charge in [0.15, 0.2) is 5.78 Å². The summed E-state index contributed by atoms with van der Waals surface area (Å²) >= 11 is 1.72. The van der Waals surface area contributed by atoms with E-state index in [-0.39, 0.29) is 5.78 Å². The number of aryl methyl sites for hydroxylation is 1. The summed E-state index contributed by atoms with van der Waals surface area (Å²) in [5.74, 6) is 0.903. The molecule has 0 spiro atoms. The third-order valence-corrected chi connectivity index (χ3v) is 4.10. The van der Waals surface area contributed by atoms with E-state index in [1.165, 1.54) is 4.88 Å². The number of carbonyl (C=O) groups excluding carboxylic acids is 1. The molecule has 1 aromatic heterocycles. The Hall–Kier alpha value is -1.61. The molecule has 2 nitrogen and oxygen atoms in total. The fourth-order valence-electron chi connectivity index (χ4n) is 1.89. The maximum Gasteiger partial charge on any atom is 0.168 e. The summed E-state index contributed by atoms with van der Waals surface area (Å²) in [7, 11) is 0. The van der Waals surface area contributed by atoms with Crippen LogP contribution in [0.5, 0.6) is 5.75 Å². The Morgan fingerprint density at radius 1 is 1.16 bits per heavy atom. The number of hydrogen-bond donors (Lipinski definition) is 0. The van der Waals surface area contributed by atoms with Gasteiger partial charge in [-0.2, -0.15) is 0 Å². The van der Waals surface area contributed by atoms with Crippen molar-refractivity contribution < 1.29 is 9.53 Å². The first-order valence-electron chi connectivity index (χ1n) is 6.56. The summed E-state index contributed by atoms with van der Waals surface area (Å²) in [6.07, 6.45) is 1.50. The second kappa shape index (κ2) is 6.53. The van der Waals surface area contributed by atoms with Crippen LogP contribution in [0.4, 0.5) is 0 Å². The molecule has 0 atom stereocenters. The molecule has 0 aliphatic heterocycles. The van der Waals surface area contributed by atoms with Crippen LogP contribution in [0.25, 0.3) is 0 Å². The van der Waals surface area contributed by atoms with Gasteiger partial charge >= 0.3 is 0 Å². The van der Waals surface area contributed by atoms with Gasteiger partial charge in [0.2, 0.25) is 0 Å². The molecule has 2 rings (SSSR count). The molecule has 0 bridgehead atoms. The van der Waals surface area contributed by atoms with E-state index in [0.717, 1.165) is 22.6 Å². The summed E-state index contributed by atoms with van der Waals surface area (Å²) in [5, 5.41) is 0. The topological polar surface area (TPSA) is 26.3 Å². The van der Waals surface area contributed by atoms with Crippen LogP contribution in [0.15, 0.2) is 36.4 Å². The number of thiophene rings is 1. The lowest BCUT2D eigenvalue weighted by Gasteiger charge is -2.05. The normalized spacial score (nSPS) is 10.4. The Morgan fingerprint density at radius 2 is 1.95 bits per heavy atom. The number of rotatable bonds is 6. The highest BCUT2D eigenvalue weighted by molar-refractivity contribution is 7.12. The molecule has 0 saturated heterocycles. The van der Waals surface area contributed by atoms with Gasteiger partial charge in [0.25, 0.3) is 0 Å². The molecule has 0 unspecified atom stereocenters. The van der Waals surface area contributed by atoms with E-state index in [9.17, 15) is 4.79 Å². The molecule has 100 valence electrons. The zero-order chi connectivity index (χ0) is 13.7. The molecule has 0 saturated carbocycles. The lowest BCUT2D eigenvalue weighted by atomic mass is 10.1. The van der Waals surface area contributed by atoms with Crippen molar-refractivity contribution >= 4 is 17.1 Å². The van der Waals surface area contributed by atoms with E-state index < -0.39 is 0 Å². The van der Waals surface area contributed by atoms with Crippen LogP contribution in [0.1, 0.15) is 34.0 Å². The predicted molar refractivity (Wildman–Crippen MR) is 79.3 cm³/mol. The van der Waals surface area contributed by atoms with Gasteiger partial charge in [0, 0.05) is 21.7 Å². The highest BCUT2D eigenvalue weighted by Crippen LogP contribution is 2.20. The highest BCUT2D eigenvalue weighted by Gasteiger charge is 2.09. The minimum atomic E-state index is 0.144. The largest absolute Gasteiger partial charge is 0.494 e. The lowest BCUT2D eigenvalue weighted by molar-refractivity contribution is 0.0993. The smallest absolute Gasteiger partial charge is 0.168 e. The summed E-state index contributed by atoms with van der Waals surface area (Å²) < 4.78 is 5.42. The number of carbonyl (C=O) groups is 1. The third-order valence-electron chi connectivity index (χ3n) is 2.87. The first-order valence-corrected chi connectivity index (χ1v) is 7.38. The SMILES string of the molecule is CCOc1cccc(C(=O)Cc2ccc(CC)s2)c1. The average molecular weight is 274 g/mol. The lowest BCUT2D eigenvalue weighted by Crippen LogP contribution is -2.03. The molecule has 0 aliphatic carbocycles. The van der Waals surface area contributed by atoms with E-state index in [2.05, 4.69) is 13.0 Å². The Labute approximate surface area is 118 Å². The Morgan fingerprint density at radius 3 is 2.63 bits per heavy atom. The van der Waals surface area contributed by atoms with Crippen molar-refractivity contribution in [3.63, 3.8) is 0 Å². The minimum absolute atomic E-state index is 0.144. The number of benzene rings is 1. The molecule has 0 radical (unpaired) electrons. The first kappa shape index (κ1) is 13.8. The van der Waals surface area contributed by atoms with Crippen molar-refractivity contribution in [1.29, 1.82) is 0 Å². The molecular formula is C16H18O2S. The molecular weight excluding hydrogens is 256 g/mol. The van der Waals surface area contributed by atoms with Gasteiger partial charge in [-0.25, -0.2) is 0 Å². The molecule has 0 aliphatic rings. The van der Waals surface area contributed by atoms with Gasteiger partial charge in [-0.1, -0.05) is 19.1 Å². The zero-order valence-electron chi connectivity index (χ0n) is 11.3. The molecule has 1 heterocycles. The molecule has 0 N–H and O–H groups in total. The fourth-order valence-corrected chi connectivity index (χ4v) is 2.85. The van der Waals surface area contributed by atoms with Crippen molar-refractivity contribution in [3.8, 4) is 5.75 Å². The second-order valence-electron chi connectivity index (χ2n) is 4.28. The molecule has 2 aromatic rings. The van der Waals surface area contributed by atoms with Gasteiger partial charge in [-0.05, 0) is 37.6 Å². The summed E-state index contributed by atoms with van der Waals surface area (Å²) in [4.78, 5) is 14.7. The minimum Gasteiger partial charge on any atom is -0.494 e. The molecule has 1 aromatic carbocycles. The number of Topliss-reactive ketones (excluding diaryl/α,β-unsaturated/α-hetero) is 1. The number of hydrogen-bond acceptors (Lipinski definition) is 3. The van der Waals surface area contributed by atoms with Gasteiger partial charge in [0.1, 0.15) is 5.75 Å². The quantitative estimate of drug-likeness (QED) is 0.740. The Bertz CT molecular complexity index is 557. The van der Waals surface area contributed by atoms with Gasteiger partial charge in [0.05, 0.1) is 6.61 Å². The zero-order valence-corrected chi connectivity index (χ0v) is 12.1. The van der Waals surface area contributed by atoms with Crippen molar-refractivity contribution in [2.45, 2.75) is 26.7 Å². The predicted octanol–water partition coefficient (Wildman–Crippen LogP) is 4.13. The summed E-state index contributed by atoms with van der Waals surface area (Å²) in [6, 6.07) is 11.6. The molecule has 0 fully saturated rings. The van der Waals surface area contributed by atoms with Crippen LogP contribution >= 0.6 is 11.3 Å². The van der Waals surface area contributed by atoms with Crippen molar-refractivity contribution in [1.82, 2.24) is 0 Å². The van der Waals surface area contributed by atoms with Crippen LogP contribution < -0.4 is 4.74 Å². The van der Waals surface area contributed by atoms with Crippen LogP contribution in [0, 0.1) is 0 Å². The fraction of sp³-hybridized carbons (Fsp3) is 0.312. The van der Waals surface area contributed by atoms with Crippen molar-refractivity contribution in [2.75, 3.05) is 6.61 Å². The molecule has 3 heteroatoms. The van der Waals surface area contributed by atoms with Crippen LogP contribution in [0.2, 0.25) is 0 Å². The summed E-state index contributed by atoms with van der Waals surface area (Å²) in [5.41, 5.74) is 0.720. The van der Waals surface area contributed by atoms with E-state index in [1.54, 1.807) is 11.3 Å². The Kier molecular flexibility index (Phi) is 4.74. The highest BCUT2D eigenvalue weighted by atomic mass is 32.1. The number of ketones is 1. The van der Waals surface area contributed by atoms with Crippen molar-refractivity contribution in [3.05, 3.63) is 51.7 Å².